The minimum Gasteiger partial charge on any atom is -0.610 e. The average molecular weight is 407 g/mol. The van der Waals surface area contributed by atoms with E-state index in [4.69, 9.17) is 0 Å². The van der Waals surface area contributed by atoms with Gasteiger partial charge in [-0.1, -0.05) is 6.07 Å². The molecule has 8 nitrogen and oxygen atoms in total. The van der Waals surface area contributed by atoms with Gasteiger partial charge in [-0.05, 0) is 48.5 Å². The van der Waals surface area contributed by atoms with Crippen LogP contribution in [-0.4, -0.2) is 36.3 Å². The third-order valence-corrected chi connectivity index (χ3v) is 5.49. The van der Waals surface area contributed by atoms with E-state index < -0.39 is 10.2 Å². The zero-order valence-corrected chi connectivity index (χ0v) is 16.3. The predicted molar refractivity (Wildman–Crippen MR) is 107 cm³/mol. The summed E-state index contributed by atoms with van der Waals surface area (Å²) in [5.41, 5.74) is 2.48. The van der Waals surface area contributed by atoms with Gasteiger partial charge in [0.25, 0.3) is 5.91 Å². The van der Waals surface area contributed by atoms with Crippen LogP contribution >= 0.6 is 0 Å². The highest BCUT2D eigenvalue weighted by Gasteiger charge is 2.15. The summed E-state index contributed by atoms with van der Waals surface area (Å²) in [4.78, 5) is 16.9. The van der Waals surface area contributed by atoms with Gasteiger partial charge in [0.1, 0.15) is 6.26 Å². The van der Waals surface area contributed by atoms with E-state index in [1.54, 1.807) is 41.1 Å². The van der Waals surface area contributed by atoms with Gasteiger partial charge < -0.3 is 9.87 Å². The number of pyridine rings is 2. The van der Waals surface area contributed by atoms with Crippen molar-refractivity contribution in [3.8, 4) is 11.4 Å². The molecule has 0 saturated carbocycles. The molecule has 0 bridgehead atoms. The molecule has 4 rings (SSSR count). The summed E-state index contributed by atoms with van der Waals surface area (Å²) in [5, 5.41) is 11.1. The molecular weight excluding hydrogens is 390 g/mol. The molecule has 3 aromatic heterocycles. The molecule has 0 radical (unpaired) electrons. The third-order valence-electron chi connectivity index (χ3n) is 4.36. The van der Waals surface area contributed by atoms with E-state index in [-0.39, 0.29) is 10.8 Å². The van der Waals surface area contributed by atoms with Gasteiger partial charge in [-0.2, -0.15) is 0 Å². The van der Waals surface area contributed by atoms with Crippen LogP contribution in [-0.2, 0) is 21.0 Å². The van der Waals surface area contributed by atoms with Crippen molar-refractivity contribution < 1.29 is 13.6 Å². The molecule has 0 aliphatic rings. The fourth-order valence-corrected chi connectivity index (χ4v) is 3.48. The van der Waals surface area contributed by atoms with E-state index in [9.17, 15) is 13.6 Å². The highest BCUT2D eigenvalue weighted by molar-refractivity contribution is 7.97. The summed E-state index contributed by atoms with van der Waals surface area (Å²) in [6, 6.07) is 15.3. The Bertz CT molecular complexity index is 1220. The maximum absolute atomic E-state index is 12.5. The molecular formula is C20H17N5O3S. The lowest BCUT2D eigenvalue weighted by Crippen LogP contribution is -2.23. The van der Waals surface area contributed by atoms with Gasteiger partial charge >= 0.3 is 0 Å². The minimum atomic E-state index is -3.28. The Labute approximate surface area is 167 Å². The molecule has 29 heavy (non-hydrogen) atoms. The second-order valence-corrected chi connectivity index (χ2v) is 8.49. The fraction of sp³-hybridized carbons (Fsp3) is 0.100. The fourth-order valence-electron chi connectivity index (χ4n) is 2.85. The summed E-state index contributed by atoms with van der Waals surface area (Å²) in [7, 11) is -3.28. The van der Waals surface area contributed by atoms with Crippen molar-refractivity contribution in [1.29, 1.82) is 0 Å². The maximum Gasteiger partial charge on any atom is 0.253 e. The Morgan fingerprint density at radius 1 is 1.10 bits per heavy atom. The molecule has 0 fully saturated rings. The van der Waals surface area contributed by atoms with Crippen LogP contribution in [0.5, 0.6) is 0 Å². The minimum absolute atomic E-state index is 0.227. The molecule has 1 amide bonds. The van der Waals surface area contributed by atoms with Crippen molar-refractivity contribution in [3.63, 3.8) is 0 Å². The number of hydrogen-bond acceptors (Lipinski definition) is 6. The van der Waals surface area contributed by atoms with E-state index in [1.807, 2.05) is 18.2 Å². The number of carbonyl (C=O) groups is 1. The molecule has 4 aromatic rings. The van der Waals surface area contributed by atoms with Gasteiger partial charge in [-0.25, -0.2) is 0 Å². The van der Waals surface area contributed by atoms with E-state index in [1.165, 1.54) is 12.1 Å². The van der Waals surface area contributed by atoms with Crippen molar-refractivity contribution in [2.45, 2.75) is 11.4 Å². The average Bonchev–Trinajstić information content (AvgIpc) is 3.15. The Morgan fingerprint density at radius 3 is 2.59 bits per heavy atom. The van der Waals surface area contributed by atoms with Crippen LogP contribution in [0.1, 0.15) is 16.1 Å². The summed E-state index contributed by atoms with van der Waals surface area (Å²) >= 11 is 0. The highest BCUT2D eigenvalue weighted by Crippen LogP contribution is 2.22. The van der Waals surface area contributed by atoms with Crippen molar-refractivity contribution in [2.24, 2.45) is 0 Å². The first-order valence-electron chi connectivity index (χ1n) is 8.75. The molecule has 0 aliphatic heterocycles. The monoisotopic (exact) mass is 407 g/mol. The largest absolute Gasteiger partial charge is 0.610 e. The van der Waals surface area contributed by atoms with Crippen LogP contribution in [0, 0.1) is 0 Å². The number of carbonyl (C=O) groups excluding carboxylic acids is 1. The van der Waals surface area contributed by atoms with Gasteiger partial charge in [-0.15, -0.1) is 14.4 Å². The molecule has 1 N–H and O–H groups in total. The quantitative estimate of drug-likeness (QED) is 0.508. The number of fused-ring (bicyclic) bond motifs is 1. The summed E-state index contributed by atoms with van der Waals surface area (Å²) in [5.74, 6) is 0.268. The molecule has 0 saturated heterocycles. The Kier molecular flexibility index (Phi) is 4.91. The van der Waals surface area contributed by atoms with Crippen LogP contribution in [0.4, 0.5) is 0 Å². The van der Waals surface area contributed by atoms with Crippen molar-refractivity contribution in [3.05, 3.63) is 78.2 Å². The van der Waals surface area contributed by atoms with Gasteiger partial charge in [-0.3, -0.25) is 14.2 Å². The van der Waals surface area contributed by atoms with E-state index >= 15 is 0 Å². The van der Waals surface area contributed by atoms with Gasteiger partial charge in [0.2, 0.25) is 0 Å². The van der Waals surface area contributed by atoms with Crippen LogP contribution in [0.25, 0.3) is 17.0 Å². The number of hydrogen-bond donors (Lipinski definition) is 1. The Balaban J connectivity index is 1.61. The van der Waals surface area contributed by atoms with Gasteiger partial charge in [0, 0.05) is 18.0 Å². The molecule has 1 aromatic carbocycles. The van der Waals surface area contributed by atoms with E-state index in [0.717, 1.165) is 11.9 Å². The second kappa shape index (κ2) is 7.53. The number of benzene rings is 1. The molecule has 9 heteroatoms. The van der Waals surface area contributed by atoms with Crippen molar-refractivity contribution in [1.82, 2.24) is 24.9 Å². The van der Waals surface area contributed by atoms with Crippen molar-refractivity contribution >= 4 is 21.8 Å². The van der Waals surface area contributed by atoms with E-state index in [0.29, 0.717) is 29.1 Å². The predicted octanol–water partition coefficient (Wildman–Crippen LogP) is 2.34. The first-order chi connectivity index (χ1) is 13.9. The number of aromatic nitrogens is 4. The number of rotatable bonds is 5. The van der Waals surface area contributed by atoms with Gasteiger partial charge in [0.05, 0.1) is 28.0 Å². The number of sulfone groups is 1. The maximum atomic E-state index is 12.5. The summed E-state index contributed by atoms with van der Waals surface area (Å²) < 4.78 is 25.0. The Hall–Kier alpha value is -3.43. The molecule has 1 atom stereocenters. The van der Waals surface area contributed by atoms with Crippen LogP contribution in [0.15, 0.2) is 71.9 Å². The smallest absolute Gasteiger partial charge is 0.253 e. The highest BCUT2D eigenvalue weighted by atomic mass is 32.3. The summed E-state index contributed by atoms with van der Waals surface area (Å²) in [6.45, 7) is 0.319. The lowest BCUT2D eigenvalue weighted by Gasteiger charge is -2.09. The molecule has 0 aliphatic carbocycles. The standard InChI is InChI=1S/C20H17N5O3S/c1-29(27,28)17-8-5-14(6-9-17)19-24-23-18-10-7-15(13-25(18)19)20(26)22-12-16-4-2-3-11-21-16/h2-11,13H,12H2,1H3,(H-,22,26,27,28). The van der Waals surface area contributed by atoms with Crippen LogP contribution in [0.2, 0.25) is 0 Å². The SMILES string of the molecule is C[S+](=O)([O-])c1ccc(-c2nnc3ccc(C(=O)NCc4ccccn4)cn23)cc1. The lowest BCUT2D eigenvalue weighted by atomic mass is 10.2. The van der Waals surface area contributed by atoms with E-state index in [2.05, 4.69) is 20.5 Å². The molecule has 146 valence electrons. The topological polar surface area (TPSA) is 112 Å². The zero-order chi connectivity index (χ0) is 20.4. The summed E-state index contributed by atoms with van der Waals surface area (Å²) in [6.07, 6.45) is 4.49. The third kappa shape index (κ3) is 4.05. The first-order valence-corrected chi connectivity index (χ1v) is 10.6. The normalized spacial score (nSPS) is 13.2. The molecule has 3 heterocycles. The zero-order valence-electron chi connectivity index (χ0n) is 15.5. The first kappa shape index (κ1) is 18.9. The molecule has 0 spiro atoms. The van der Waals surface area contributed by atoms with Crippen LogP contribution < -0.4 is 5.32 Å². The number of amides is 1. The number of nitrogens with zero attached hydrogens (tertiary/aromatic N) is 4. The van der Waals surface area contributed by atoms with Crippen molar-refractivity contribution in [2.75, 3.05) is 6.26 Å². The lowest BCUT2D eigenvalue weighted by molar-refractivity contribution is 0.0950. The Morgan fingerprint density at radius 2 is 1.90 bits per heavy atom. The molecule has 1 unspecified atom stereocenters. The van der Waals surface area contributed by atoms with Crippen LogP contribution in [0.3, 0.4) is 0 Å². The van der Waals surface area contributed by atoms with Gasteiger partial charge in [0.15, 0.2) is 16.4 Å². The second-order valence-electron chi connectivity index (χ2n) is 6.47. The number of nitrogens with one attached hydrogen (secondary N) is 1.